The van der Waals surface area contributed by atoms with Crippen molar-refractivity contribution in [3.8, 4) is 0 Å². The molecule has 3 aromatic rings. The summed E-state index contributed by atoms with van der Waals surface area (Å²) in [6, 6.07) is 13.8. The van der Waals surface area contributed by atoms with E-state index in [4.69, 9.17) is 11.6 Å². The average Bonchev–Trinajstić information content (AvgIpc) is 2.68. The quantitative estimate of drug-likeness (QED) is 0.597. The molecule has 0 bridgehead atoms. The first-order valence-corrected chi connectivity index (χ1v) is 9.31. The van der Waals surface area contributed by atoms with Crippen LogP contribution in [0.25, 0.3) is 10.9 Å². The number of fused-ring (bicyclic) bond motifs is 1. The molecule has 0 atom stereocenters. The topological polar surface area (TPSA) is 79.3 Å². The summed E-state index contributed by atoms with van der Waals surface area (Å²) in [6.45, 7) is 1.34. The van der Waals surface area contributed by atoms with Gasteiger partial charge >= 0.3 is 0 Å². The lowest BCUT2D eigenvalue weighted by atomic mass is 10.2. The van der Waals surface area contributed by atoms with Crippen LogP contribution in [0, 0.1) is 0 Å². The number of nitrogens with one attached hydrogen (secondary N) is 2. The van der Waals surface area contributed by atoms with Crippen molar-refractivity contribution in [2.75, 3.05) is 32.6 Å². The lowest BCUT2D eigenvalue weighted by Crippen LogP contribution is -2.37. The highest BCUT2D eigenvalue weighted by atomic mass is 35.5. The van der Waals surface area contributed by atoms with E-state index in [-0.39, 0.29) is 11.4 Å². The van der Waals surface area contributed by atoms with Gasteiger partial charge in [-0.2, -0.15) is 4.68 Å². The third-order valence-electron chi connectivity index (χ3n) is 4.13. The SMILES string of the molecule is CN(C)CCCNC(=O)c1nc2ccccc2c(=O)n1Nc1ccc(Cl)cc1. The van der Waals surface area contributed by atoms with Gasteiger partial charge in [-0.25, -0.2) is 4.98 Å². The minimum atomic E-state index is -0.414. The summed E-state index contributed by atoms with van der Waals surface area (Å²) in [5.41, 5.74) is 3.70. The predicted molar refractivity (Wildman–Crippen MR) is 112 cm³/mol. The average molecular weight is 400 g/mol. The van der Waals surface area contributed by atoms with Crippen molar-refractivity contribution in [2.24, 2.45) is 0 Å². The zero-order chi connectivity index (χ0) is 20.1. The van der Waals surface area contributed by atoms with Crippen LogP contribution >= 0.6 is 11.6 Å². The number of amides is 1. The summed E-state index contributed by atoms with van der Waals surface area (Å²) in [6.07, 6.45) is 0.793. The molecule has 3 rings (SSSR count). The molecule has 0 aliphatic heterocycles. The molecule has 146 valence electrons. The molecule has 8 heteroatoms. The van der Waals surface area contributed by atoms with Gasteiger partial charge in [0.1, 0.15) is 0 Å². The summed E-state index contributed by atoms with van der Waals surface area (Å²) in [4.78, 5) is 32.2. The van der Waals surface area contributed by atoms with Gasteiger partial charge < -0.3 is 10.2 Å². The summed E-state index contributed by atoms with van der Waals surface area (Å²) >= 11 is 5.92. The van der Waals surface area contributed by atoms with E-state index in [0.717, 1.165) is 13.0 Å². The number of aromatic nitrogens is 2. The third kappa shape index (κ3) is 4.68. The predicted octanol–water partition coefficient (Wildman–Crippen LogP) is 2.61. The number of hydrogen-bond donors (Lipinski definition) is 2. The second-order valence-corrected chi connectivity index (χ2v) is 7.06. The molecule has 2 aromatic carbocycles. The first-order chi connectivity index (χ1) is 13.5. The van der Waals surface area contributed by atoms with E-state index < -0.39 is 5.91 Å². The molecule has 1 amide bonds. The van der Waals surface area contributed by atoms with E-state index in [9.17, 15) is 9.59 Å². The number of nitrogens with zero attached hydrogens (tertiary/aromatic N) is 3. The molecule has 0 radical (unpaired) electrons. The first-order valence-electron chi connectivity index (χ1n) is 8.93. The van der Waals surface area contributed by atoms with Crippen LogP contribution in [0.15, 0.2) is 53.3 Å². The van der Waals surface area contributed by atoms with Crippen molar-refractivity contribution in [1.29, 1.82) is 0 Å². The van der Waals surface area contributed by atoms with Gasteiger partial charge in [0.15, 0.2) is 0 Å². The minimum absolute atomic E-state index is 0.00324. The Morgan fingerprint density at radius 1 is 1.14 bits per heavy atom. The first kappa shape index (κ1) is 19.9. The molecule has 2 N–H and O–H groups in total. The standard InChI is InChI=1S/C20H22ClN5O2/c1-25(2)13-5-12-22-19(27)18-23-17-7-4-3-6-16(17)20(28)26(18)24-15-10-8-14(21)9-11-15/h3-4,6-11,24H,5,12-13H2,1-2H3,(H,22,27). The molecular weight excluding hydrogens is 378 g/mol. The monoisotopic (exact) mass is 399 g/mol. The van der Waals surface area contributed by atoms with Crippen molar-refractivity contribution < 1.29 is 4.79 Å². The maximum atomic E-state index is 13.0. The van der Waals surface area contributed by atoms with E-state index in [1.54, 1.807) is 48.5 Å². The fourth-order valence-electron chi connectivity index (χ4n) is 2.72. The van der Waals surface area contributed by atoms with Gasteiger partial charge in [-0.3, -0.25) is 15.0 Å². The van der Waals surface area contributed by atoms with Crippen LogP contribution in [-0.4, -0.2) is 47.7 Å². The number of para-hydroxylation sites is 1. The van der Waals surface area contributed by atoms with E-state index >= 15 is 0 Å². The highest BCUT2D eigenvalue weighted by Crippen LogP contribution is 2.14. The molecule has 1 heterocycles. The van der Waals surface area contributed by atoms with Crippen LogP contribution in [0.1, 0.15) is 17.0 Å². The number of carbonyl (C=O) groups is 1. The third-order valence-corrected chi connectivity index (χ3v) is 4.38. The summed E-state index contributed by atoms with van der Waals surface area (Å²) < 4.78 is 1.17. The Kier molecular flexibility index (Phi) is 6.28. The number of hydrogen-bond acceptors (Lipinski definition) is 5. The molecular formula is C20H22ClN5O2. The van der Waals surface area contributed by atoms with Crippen LogP contribution in [0.3, 0.4) is 0 Å². The lowest BCUT2D eigenvalue weighted by Gasteiger charge is -2.15. The molecule has 0 unspecified atom stereocenters. The highest BCUT2D eigenvalue weighted by molar-refractivity contribution is 6.30. The second kappa shape index (κ2) is 8.86. The molecule has 0 aliphatic rings. The Morgan fingerprint density at radius 2 is 1.86 bits per heavy atom. The van der Waals surface area contributed by atoms with Gasteiger partial charge in [0, 0.05) is 11.6 Å². The maximum absolute atomic E-state index is 13.0. The van der Waals surface area contributed by atoms with Crippen molar-refractivity contribution in [2.45, 2.75) is 6.42 Å². The van der Waals surface area contributed by atoms with Crippen molar-refractivity contribution >= 4 is 34.1 Å². The van der Waals surface area contributed by atoms with Gasteiger partial charge in [-0.05, 0) is 63.5 Å². The Balaban J connectivity index is 1.95. The fourth-order valence-corrected chi connectivity index (χ4v) is 2.84. The van der Waals surface area contributed by atoms with Gasteiger partial charge in [-0.1, -0.05) is 23.7 Å². The molecule has 28 heavy (non-hydrogen) atoms. The minimum Gasteiger partial charge on any atom is -0.349 e. The summed E-state index contributed by atoms with van der Waals surface area (Å²) in [7, 11) is 3.95. The lowest BCUT2D eigenvalue weighted by molar-refractivity contribution is 0.0938. The van der Waals surface area contributed by atoms with Crippen LogP contribution < -0.4 is 16.3 Å². The smallest absolute Gasteiger partial charge is 0.289 e. The van der Waals surface area contributed by atoms with Crippen molar-refractivity contribution in [1.82, 2.24) is 19.9 Å². The van der Waals surface area contributed by atoms with E-state index in [0.29, 0.717) is 28.2 Å². The largest absolute Gasteiger partial charge is 0.349 e. The Bertz CT molecular complexity index is 1030. The van der Waals surface area contributed by atoms with E-state index in [1.165, 1.54) is 4.68 Å². The zero-order valence-corrected chi connectivity index (χ0v) is 16.5. The summed E-state index contributed by atoms with van der Waals surface area (Å²) in [5.74, 6) is -0.411. The number of benzene rings is 2. The Hall–Kier alpha value is -2.90. The van der Waals surface area contributed by atoms with Crippen LogP contribution in [0.4, 0.5) is 5.69 Å². The Labute approximate surface area is 167 Å². The summed E-state index contributed by atoms with van der Waals surface area (Å²) in [5, 5.41) is 3.83. The molecule has 0 fully saturated rings. The van der Waals surface area contributed by atoms with Gasteiger partial charge in [0.2, 0.25) is 5.82 Å². The van der Waals surface area contributed by atoms with Crippen molar-refractivity contribution in [3.63, 3.8) is 0 Å². The number of anilines is 1. The fraction of sp³-hybridized carbons (Fsp3) is 0.250. The normalized spacial score (nSPS) is 11.0. The van der Waals surface area contributed by atoms with Gasteiger partial charge in [-0.15, -0.1) is 0 Å². The zero-order valence-electron chi connectivity index (χ0n) is 15.8. The van der Waals surface area contributed by atoms with Gasteiger partial charge in [0.05, 0.1) is 16.6 Å². The van der Waals surface area contributed by atoms with E-state index in [2.05, 4.69) is 15.7 Å². The van der Waals surface area contributed by atoms with Crippen molar-refractivity contribution in [3.05, 3.63) is 69.7 Å². The molecule has 0 spiro atoms. The molecule has 0 aliphatic carbocycles. The van der Waals surface area contributed by atoms with Crippen LogP contribution in [0.5, 0.6) is 0 Å². The Morgan fingerprint density at radius 3 is 2.57 bits per heavy atom. The van der Waals surface area contributed by atoms with Crippen LogP contribution in [0.2, 0.25) is 5.02 Å². The molecule has 1 aromatic heterocycles. The molecule has 7 nitrogen and oxygen atoms in total. The number of carbonyl (C=O) groups excluding carboxylic acids is 1. The van der Waals surface area contributed by atoms with E-state index in [1.807, 2.05) is 19.0 Å². The highest BCUT2D eigenvalue weighted by Gasteiger charge is 2.17. The molecule has 0 saturated carbocycles. The maximum Gasteiger partial charge on any atom is 0.289 e. The van der Waals surface area contributed by atoms with Gasteiger partial charge in [0.25, 0.3) is 11.5 Å². The number of halogens is 1. The second-order valence-electron chi connectivity index (χ2n) is 6.62. The number of rotatable bonds is 7. The molecule has 0 saturated heterocycles. The van der Waals surface area contributed by atoms with Crippen LogP contribution in [-0.2, 0) is 0 Å².